The third-order valence-corrected chi connectivity index (χ3v) is 4.50. The first-order valence-corrected chi connectivity index (χ1v) is 6.67. The lowest BCUT2D eigenvalue weighted by molar-refractivity contribution is 0.138. The zero-order valence-electron chi connectivity index (χ0n) is 10.3. The van der Waals surface area contributed by atoms with E-state index in [1.807, 2.05) is 0 Å². The molecule has 0 spiro atoms. The molecule has 0 aromatic heterocycles. The third kappa shape index (κ3) is 2.73. The second kappa shape index (κ2) is 4.84. The van der Waals surface area contributed by atoms with Crippen molar-refractivity contribution in [1.82, 2.24) is 4.90 Å². The first-order chi connectivity index (χ1) is 7.20. The summed E-state index contributed by atoms with van der Waals surface area (Å²) in [5.74, 6) is 0.963. The van der Waals surface area contributed by atoms with Gasteiger partial charge in [-0.25, -0.2) is 0 Å². The summed E-state index contributed by atoms with van der Waals surface area (Å²) >= 11 is 0. The minimum atomic E-state index is 0.415. The van der Waals surface area contributed by atoms with E-state index >= 15 is 0 Å². The van der Waals surface area contributed by atoms with Crippen LogP contribution in [0.2, 0.25) is 0 Å². The van der Waals surface area contributed by atoms with E-state index in [1.54, 1.807) is 0 Å². The number of likely N-dealkylation sites (N-methyl/N-ethyl adjacent to an activating group) is 1. The van der Waals surface area contributed by atoms with Gasteiger partial charge in [-0.15, -0.1) is 0 Å². The van der Waals surface area contributed by atoms with Gasteiger partial charge < -0.3 is 5.73 Å². The fraction of sp³-hybridized carbons (Fsp3) is 1.00. The van der Waals surface area contributed by atoms with Crippen molar-refractivity contribution in [2.24, 2.45) is 11.7 Å². The average molecular weight is 210 g/mol. The summed E-state index contributed by atoms with van der Waals surface area (Å²) in [6, 6.07) is 1.81. The number of nitrogens with zero attached hydrogens (tertiary/aromatic N) is 1. The van der Waals surface area contributed by atoms with E-state index in [0.717, 1.165) is 12.0 Å². The van der Waals surface area contributed by atoms with Crippen LogP contribution in [0, 0.1) is 5.92 Å². The van der Waals surface area contributed by atoms with E-state index in [1.165, 1.54) is 44.9 Å². The second-order valence-electron chi connectivity index (χ2n) is 5.61. The highest BCUT2D eigenvalue weighted by Gasteiger charge is 2.35. The molecule has 0 heterocycles. The lowest BCUT2D eigenvalue weighted by Crippen LogP contribution is -2.49. The molecule has 0 aromatic carbocycles. The highest BCUT2D eigenvalue weighted by atomic mass is 15.2. The Morgan fingerprint density at radius 1 is 1.07 bits per heavy atom. The van der Waals surface area contributed by atoms with E-state index in [0.29, 0.717) is 12.1 Å². The molecule has 3 unspecified atom stereocenters. The molecule has 3 atom stereocenters. The Hall–Kier alpha value is -0.0800. The van der Waals surface area contributed by atoms with E-state index in [4.69, 9.17) is 5.73 Å². The van der Waals surface area contributed by atoms with Gasteiger partial charge >= 0.3 is 0 Å². The second-order valence-corrected chi connectivity index (χ2v) is 5.61. The molecule has 2 aliphatic carbocycles. The van der Waals surface area contributed by atoms with E-state index in [2.05, 4.69) is 18.9 Å². The predicted octanol–water partition coefficient (Wildman–Crippen LogP) is 2.38. The van der Waals surface area contributed by atoms with Crippen molar-refractivity contribution in [1.29, 1.82) is 0 Å². The van der Waals surface area contributed by atoms with Crippen LogP contribution in [0.4, 0.5) is 0 Å². The van der Waals surface area contributed by atoms with Gasteiger partial charge in [0.05, 0.1) is 0 Å². The molecule has 2 aliphatic rings. The van der Waals surface area contributed by atoms with Gasteiger partial charge in [0.25, 0.3) is 0 Å². The fourth-order valence-corrected chi connectivity index (χ4v) is 3.04. The molecule has 0 amide bonds. The third-order valence-electron chi connectivity index (χ3n) is 4.50. The van der Waals surface area contributed by atoms with Gasteiger partial charge in [-0.05, 0) is 45.6 Å². The van der Waals surface area contributed by atoms with E-state index < -0.39 is 0 Å². The average Bonchev–Trinajstić information content (AvgIpc) is 3.02. The van der Waals surface area contributed by atoms with Crippen LogP contribution in [-0.4, -0.2) is 30.1 Å². The van der Waals surface area contributed by atoms with Crippen molar-refractivity contribution in [2.45, 2.75) is 70.0 Å². The molecule has 88 valence electrons. The lowest BCUT2D eigenvalue weighted by Gasteiger charge is -2.36. The van der Waals surface area contributed by atoms with Gasteiger partial charge in [0.1, 0.15) is 0 Å². The normalized spacial score (nSPS) is 35.2. The summed E-state index contributed by atoms with van der Waals surface area (Å²) in [6.07, 6.45) is 9.52. The summed E-state index contributed by atoms with van der Waals surface area (Å²) < 4.78 is 0. The SMILES string of the molecule is CC(C1CC1)N(C)C1CCCCCC1N. The van der Waals surface area contributed by atoms with Crippen LogP contribution in [-0.2, 0) is 0 Å². The molecule has 2 nitrogen and oxygen atoms in total. The van der Waals surface area contributed by atoms with Crippen LogP contribution in [0.15, 0.2) is 0 Å². The van der Waals surface area contributed by atoms with Crippen molar-refractivity contribution in [2.75, 3.05) is 7.05 Å². The van der Waals surface area contributed by atoms with Crippen molar-refractivity contribution in [3.63, 3.8) is 0 Å². The standard InChI is InChI=1S/C13H26N2/c1-10(11-8-9-11)15(2)13-7-5-3-4-6-12(13)14/h10-13H,3-9,14H2,1-2H3. The van der Waals surface area contributed by atoms with Crippen LogP contribution in [0.5, 0.6) is 0 Å². The number of hydrogen-bond acceptors (Lipinski definition) is 2. The van der Waals surface area contributed by atoms with Crippen molar-refractivity contribution in [3.05, 3.63) is 0 Å². The fourth-order valence-electron chi connectivity index (χ4n) is 3.04. The first-order valence-electron chi connectivity index (χ1n) is 6.67. The monoisotopic (exact) mass is 210 g/mol. The van der Waals surface area contributed by atoms with E-state index in [9.17, 15) is 0 Å². The quantitative estimate of drug-likeness (QED) is 0.725. The van der Waals surface area contributed by atoms with Gasteiger partial charge in [-0.1, -0.05) is 19.3 Å². The Balaban J connectivity index is 1.93. The molecule has 2 saturated carbocycles. The van der Waals surface area contributed by atoms with Crippen LogP contribution in [0.25, 0.3) is 0 Å². The zero-order chi connectivity index (χ0) is 10.8. The molecular weight excluding hydrogens is 184 g/mol. The molecule has 15 heavy (non-hydrogen) atoms. The highest BCUT2D eigenvalue weighted by Crippen LogP contribution is 2.36. The minimum Gasteiger partial charge on any atom is -0.326 e. The summed E-state index contributed by atoms with van der Waals surface area (Å²) in [5, 5.41) is 0. The van der Waals surface area contributed by atoms with Gasteiger partial charge in [0, 0.05) is 18.1 Å². The van der Waals surface area contributed by atoms with Gasteiger partial charge in [-0.2, -0.15) is 0 Å². The smallest absolute Gasteiger partial charge is 0.0247 e. The maximum Gasteiger partial charge on any atom is 0.0247 e. The molecule has 0 radical (unpaired) electrons. The van der Waals surface area contributed by atoms with Crippen LogP contribution >= 0.6 is 0 Å². The Kier molecular flexibility index (Phi) is 3.68. The largest absolute Gasteiger partial charge is 0.326 e. The van der Waals surface area contributed by atoms with Crippen molar-refractivity contribution < 1.29 is 0 Å². The molecule has 0 bridgehead atoms. The minimum absolute atomic E-state index is 0.415. The summed E-state index contributed by atoms with van der Waals surface area (Å²) in [4.78, 5) is 2.58. The number of rotatable bonds is 3. The summed E-state index contributed by atoms with van der Waals surface area (Å²) in [6.45, 7) is 2.38. The molecule has 2 fully saturated rings. The topological polar surface area (TPSA) is 29.3 Å². The number of hydrogen-bond donors (Lipinski definition) is 1. The Bertz CT molecular complexity index is 201. The van der Waals surface area contributed by atoms with Crippen LogP contribution < -0.4 is 5.73 Å². The Labute approximate surface area is 94.2 Å². The molecule has 2 heteroatoms. The number of nitrogens with two attached hydrogens (primary N) is 1. The lowest BCUT2D eigenvalue weighted by atomic mass is 10.00. The van der Waals surface area contributed by atoms with E-state index in [-0.39, 0.29) is 0 Å². The van der Waals surface area contributed by atoms with Crippen molar-refractivity contribution >= 4 is 0 Å². The molecule has 0 aliphatic heterocycles. The summed E-state index contributed by atoms with van der Waals surface area (Å²) in [7, 11) is 2.29. The Morgan fingerprint density at radius 2 is 1.73 bits per heavy atom. The van der Waals surface area contributed by atoms with Gasteiger partial charge in [0.15, 0.2) is 0 Å². The van der Waals surface area contributed by atoms with Gasteiger partial charge in [-0.3, -0.25) is 4.90 Å². The first kappa shape index (κ1) is 11.4. The molecule has 2 N–H and O–H groups in total. The molecular formula is C13H26N2. The maximum atomic E-state index is 6.30. The molecule has 0 saturated heterocycles. The van der Waals surface area contributed by atoms with Gasteiger partial charge in [0.2, 0.25) is 0 Å². The zero-order valence-corrected chi connectivity index (χ0v) is 10.3. The predicted molar refractivity (Wildman–Crippen MR) is 64.8 cm³/mol. The van der Waals surface area contributed by atoms with Crippen LogP contribution in [0.1, 0.15) is 51.9 Å². The molecule has 0 aromatic rings. The maximum absolute atomic E-state index is 6.30. The highest BCUT2D eigenvalue weighted by molar-refractivity contribution is 4.91. The van der Waals surface area contributed by atoms with Crippen LogP contribution in [0.3, 0.4) is 0 Å². The van der Waals surface area contributed by atoms with Crippen molar-refractivity contribution in [3.8, 4) is 0 Å². The summed E-state index contributed by atoms with van der Waals surface area (Å²) in [5.41, 5.74) is 6.30. The molecule has 2 rings (SSSR count). The Morgan fingerprint density at radius 3 is 2.40 bits per heavy atom.